The van der Waals surface area contributed by atoms with Crippen molar-refractivity contribution in [1.29, 1.82) is 0 Å². The number of nitrogens with one attached hydrogen (secondary N) is 2. The number of likely N-dealkylation sites (N-methyl/N-ethyl adjacent to an activating group) is 1. The highest BCUT2D eigenvalue weighted by Gasteiger charge is 1.95. The molecule has 0 aromatic heterocycles. The summed E-state index contributed by atoms with van der Waals surface area (Å²) in [6.45, 7) is 5.37. The van der Waals surface area contributed by atoms with E-state index >= 15 is 0 Å². The molecule has 0 aliphatic heterocycles. The maximum atomic E-state index is 11.0. The molecule has 2 amide bonds. The molecule has 0 aliphatic rings. The van der Waals surface area contributed by atoms with E-state index in [1.807, 2.05) is 32.8 Å². The van der Waals surface area contributed by atoms with Crippen LogP contribution in [0.3, 0.4) is 0 Å². The number of urea groups is 1. The minimum Gasteiger partial charge on any atom is -0.337 e. The van der Waals surface area contributed by atoms with Gasteiger partial charge < -0.3 is 15.5 Å². The van der Waals surface area contributed by atoms with Gasteiger partial charge in [-0.1, -0.05) is 5.57 Å². The number of hydrogen-bond acceptors (Lipinski definition) is 2. The van der Waals surface area contributed by atoms with Gasteiger partial charge >= 0.3 is 6.03 Å². The second-order valence-corrected chi connectivity index (χ2v) is 3.43. The molecule has 0 saturated carbocycles. The average molecular weight is 185 g/mol. The fourth-order valence-corrected chi connectivity index (χ4v) is 0.654. The van der Waals surface area contributed by atoms with Crippen LogP contribution >= 0.6 is 0 Å². The van der Waals surface area contributed by atoms with Crippen molar-refractivity contribution in [3.05, 3.63) is 11.8 Å². The van der Waals surface area contributed by atoms with E-state index in [1.54, 1.807) is 6.20 Å². The topological polar surface area (TPSA) is 44.4 Å². The Morgan fingerprint density at radius 3 is 2.46 bits per heavy atom. The second-order valence-electron chi connectivity index (χ2n) is 3.43. The highest BCUT2D eigenvalue weighted by molar-refractivity contribution is 5.74. The number of carbonyl (C=O) groups excluding carboxylic acids is 1. The highest BCUT2D eigenvalue weighted by atomic mass is 16.2. The zero-order valence-corrected chi connectivity index (χ0v) is 8.85. The van der Waals surface area contributed by atoms with Crippen LogP contribution in [-0.2, 0) is 0 Å². The monoisotopic (exact) mass is 185 g/mol. The van der Waals surface area contributed by atoms with Crippen LogP contribution in [0.5, 0.6) is 0 Å². The maximum absolute atomic E-state index is 11.0. The van der Waals surface area contributed by atoms with E-state index in [2.05, 4.69) is 10.6 Å². The Kier molecular flexibility index (Phi) is 5.97. The van der Waals surface area contributed by atoms with Crippen LogP contribution in [0.25, 0.3) is 0 Å². The van der Waals surface area contributed by atoms with Gasteiger partial charge in [-0.05, 0) is 27.9 Å². The Hall–Kier alpha value is -1.03. The molecule has 2 N–H and O–H groups in total. The van der Waals surface area contributed by atoms with Crippen molar-refractivity contribution in [2.75, 3.05) is 27.2 Å². The predicted molar refractivity (Wildman–Crippen MR) is 54.5 cm³/mol. The van der Waals surface area contributed by atoms with Gasteiger partial charge in [-0.3, -0.25) is 0 Å². The Labute approximate surface area is 80.0 Å². The summed E-state index contributed by atoms with van der Waals surface area (Å²) < 4.78 is 0. The van der Waals surface area contributed by atoms with Crippen molar-refractivity contribution >= 4 is 6.03 Å². The molecule has 0 aromatic rings. The van der Waals surface area contributed by atoms with Gasteiger partial charge in [-0.2, -0.15) is 0 Å². The summed E-state index contributed by atoms with van der Waals surface area (Å²) in [6.07, 6.45) is 1.69. The van der Waals surface area contributed by atoms with Gasteiger partial charge in [0.2, 0.25) is 0 Å². The lowest BCUT2D eigenvalue weighted by atomic mass is 10.4. The molecule has 0 saturated heterocycles. The van der Waals surface area contributed by atoms with Crippen LogP contribution < -0.4 is 10.6 Å². The zero-order chi connectivity index (χ0) is 10.3. The van der Waals surface area contributed by atoms with Crippen molar-refractivity contribution in [3.8, 4) is 0 Å². The smallest absolute Gasteiger partial charge is 0.318 e. The van der Waals surface area contributed by atoms with Crippen LogP contribution in [-0.4, -0.2) is 38.1 Å². The van der Waals surface area contributed by atoms with Gasteiger partial charge in [-0.15, -0.1) is 0 Å². The number of amides is 2. The standard InChI is InChI=1S/C9H19N3O/c1-8(2)7-11-9(13)10-5-6-12(3)4/h7H,5-6H2,1-4H3,(H2,10,11,13). The van der Waals surface area contributed by atoms with Gasteiger partial charge in [0.15, 0.2) is 0 Å². The minimum atomic E-state index is -0.150. The third-order valence-corrected chi connectivity index (χ3v) is 1.34. The van der Waals surface area contributed by atoms with E-state index in [4.69, 9.17) is 0 Å². The third-order valence-electron chi connectivity index (χ3n) is 1.34. The normalized spacial score (nSPS) is 9.62. The Balaban J connectivity index is 3.47. The molecule has 13 heavy (non-hydrogen) atoms. The molecule has 0 bridgehead atoms. The average Bonchev–Trinajstić information content (AvgIpc) is 2.00. The van der Waals surface area contributed by atoms with Crippen LogP contribution in [0.4, 0.5) is 4.79 Å². The maximum Gasteiger partial charge on any atom is 0.318 e. The zero-order valence-electron chi connectivity index (χ0n) is 8.85. The molecule has 0 rings (SSSR count). The molecule has 0 radical (unpaired) electrons. The molecule has 0 aliphatic carbocycles. The largest absolute Gasteiger partial charge is 0.337 e. The summed E-state index contributed by atoms with van der Waals surface area (Å²) in [5.74, 6) is 0. The van der Waals surface area contributed by atoms with E-state index in [0.717, 1.165) is 12.1 Å². The van der Waals surface area contributed by atoms with Gasteiger partial charge in [0.1, 0.15) is 0 Å². The number of carbonyl (C=O) groups is 1. The fourth-order valence-electron chi connectivity index (χ4n) is 0.654. The fraction of sp³-hybridized carbons (Fsp3) is 0.667. The minimum absolute atomic E-state index is 0.150. The summed E-state index contributed by atoms with van der Waals surface area (Å²) in [7, 11) is 3.94. The molecule has 0 atom stereocenters. The number of hydrogen-bond donors (Lipinski definition) is 2. The SMILES string of the molecule is CC(C)=CNC(=O)NCCN(C)C. The molecule has 0 aromatic carbocycles. The lowest BCUT2D eigenvalue weighted by Crippen LogP contribution is -2.36. The number of allylic oxidation sites excluding steroid dienone is 1. The van der Waals surface area contributed by atoms with Gasteiger partial charge in [0, 0.05) is 19.3 Å². The summed E-state index contributed by atoms with van der Waals surface area (Å²) >= 11 is 0. The molecule has 76 valence electrons. The van der Waals surface area contributed by atoms with E-state index in [0.29, 0.717) is 6.54 Å². The molecular weight excluding hydrogens is 166 g/mol. The number of rotatable bonds is 4. The third kappa shape index (κ3) is 8.88. The second kappa shape index (κ2) is 6.48. The molecule has 0 spiro atoms. The van der Waals surface area contributed by atoms with E-state index < -0.39 is 0 Å². The van der Waals surface area contributed by atoms with Crippen LogP contribution in [0.2, 0.25) is 0 Å². The molecular formula is C9H19N3O. The summed E-state index contributed by atoms with van der Waals surface area (Å²) in [6, 6.07) is -0.150. The van der Waals surface area contributed by atoms with Gasteiger partial charge in [0.25, 0.3) is 0 Å². The van der Waals surface area contributed by atoms with E-state index in [9.17, 15) is 4.79 Å². The Morgan fingerprint density at radius 2 is 2.00 bits per heavy atom. The highest BCUT2D eigenvalue weighted by Crippen LogP contribution is 1.83. The molecule has 0 heterocycles. The Bertz CT molecular complexity index is 183. The first kappa shape index (κ1) is 12.0. The summed E-state index contributed by atoms with van der Waals surface area (Å²) in [5.41, 5.74) is 1.07. The number of nitrogens with zero attached hydrogens (tertiary/aromatic N) is 1. The van der Waals surface area contributed by atoms with Crippen molar-refractivity contribution in [2.45, 2.75) is 13.8 Å². The molecule has 4 nitrogen and oxygen atoms in total. The lowest BCUT2D eigenvalue weighted by Gasteiger charge is -2.09. The Morgan fingerprint density at radius 1 is 1.38 bits per heavy atom. The van der Waals surface area contributed by atoms with Gasteiger partial charge in [0.05, 0.1) is 0 Å². The van der Waals surface area contributed by atoms with Gasteiger partial charge in [-0.25, -0.2) is 4.79 Å². The van der Waals surface area contributed by atoms with Crippen LogP contribution in [0.15, 0.2) is 11.8 Å². The lowest BCUT2D eigenvalue weighted by molar-refractivity contribution is 0.242. The van der Waals surface area contributed by atoms with E-state index in [-0.39, 0.29) is 6.03 Å². The molecule has 0 fully saturated rings. The first-order valence-electron chi connectivity index (χ1n) is 4.35. The van der Waals surface area contributed by atoms with E-state index in [1.165, 1.54) is 0 Å². The first-order valence-corrected chi connectivity index (χ1v) is 4.35. The van der Waals surface area contributed by atoms with Crippen molar-refractivity contribution in [2.24, 2.45) is 0 Å². The van der Waals surface area contributed by atoms with Crippen molar-refractivity contribution in [1.82, 2.24) is 15.5 Å². The van der Waals surface area contributed by atoms with Crippen molar-refractivity contribution < 1.29 is 4.79 Å². The molecule has 4 heteroatoms. The van der Waals surface area contributed by atoms with Crippen LogP contribution in [0.1, 0.15) is 13.8 Å². The molecule has 0 unspecified atom stereocenters. The van der Waals surface area contributed by atoms with Crippen LogP contribution in [0, 0.1) is 0 Å². The quantitative estimate of drug-likeness (QED) is 0.679. The van der Waals surface area contributed by atoms with Crippen molar-refractivity contribution in [3.63, 3.8) is 0 Å². The summed E-state index contributed by atoms with van der Waals surface area (Å²) in [4.78, 5) is 13.1. The predicted octanol–water partition coefficient (Wildman–Crippen LogP) is 0.771. The summed E-state index contributed by atoms with van der Waals surface area (Å²) in [5, 5.41) is 5.36. The first-order chi connectivity index (χ1) is 6.02.